The van der Waals surface area contributed by atoms with Crippen LogP contribution >= 0.6 is 11.6 Å². The molecule has 1 heterocycles. The van der Waals surface area contributed by atoms with Crippen molar-refractivity contribution in [2.24, 2.45) is 4.99 Å². The largest absolute Gasteiger partial charge is 0.497 e. The molecule has 0 N–H and O–H groups in total. The summed E-state index contributed by atoms with van der Waals surface area (Å²) >= 11 is 5.96. The fourth-order valence-electron chi connectivity index (χ4n) is 3.15. The Bertz CT molecular complexity index is 1080. The second-order valence-corrected chi connectivity index (χ2v) is 6.72. The zero-order valence-corrected chi connectivity index (χ0v) is 15.8. The molecule has 0 atom stereocenters. The van der Waals surface area contributed by atoms with Crippen LogP contribution in [0.15, 0.2) is 71.7 Å². The highest BCUT2D eigenvalue weighted by Gasteiger charge is 2.27. The summed E-state index contributed by atoms with van der Waals surface area (Å²) in [5.41, 5.74) is 3.02. The number of benzene rings is 3. The Labute approximate surface area is 166 Å². The number of rotatable bonds is 3. The van der Waals surface area contributed by atoms with Gasteiger partial charge in [-0.25, -0.2) is 4.39 Å². The van der Waals surface area contributed by atoms with Gasteiger partial charge >= 0.3 is 0 Å². The number of amidine groups is 1. The van der Waals surface area contributed by atoms with Gasteiger partial charge in [0.05, 0.1) is 18.7 Å². The van der Waals surface area contributed by atoms with Gasteiger partial charge in [0.25, 0.3) is 5.91 Å². The van der Waals surface area contributed by atoms with Crippen LogP contribution in [-0.4, -0.2) is 18.9 Å². The van der Waals surface area contributed by atoms with E-state index in [9.17, 15) is 9.18 Å². The molecule has 1 aliphatic rings. The molecule has 0 fully saturated rings. The molecule has 0 aliphatic carbocycles. The van der Waals surface area contributed by atoms with Crippen molar-refractivity contribution in [2.75, 3.05) is 12.0 Å². The Balaban J connectivity index is 1.76. The van der Waals surface area contributed by atoms with Crippen LogP contribution in [0.4, 0.5) is 10.1 Å². The average molecular weight is 395 g/mol. The lowest BCUT2D eigenvalue weighted by molar-refractivity contribution is 0.100. The van der Waals surface area contributed by atoms with Crippen molar-refractivity contribution in [1.29, 1.82) is 0 Å². The van der Waals surface area contributed by atoms with Gasteiger partial charge in [-0.3, -0.25) is 4.79 Å². The van der Waals surface area contributed by atoms with Crippen molar-refractivity contribution in [3.63, 3.8) is 0 Å². The lowest BCUT2D eigenvalue weighted by Crippen LogP contribution is -2.25. The van der Waals surface area contributed by atoms with Gasteiger partial charge in [-0.1, -0.05) is 35.9 Å². The van der Waals surface area contributed by atoms with Gasteiger partial charge < -0.3 is 9.64 Å². The van der Waals surface area contributed by atoms with Crippen LogP contribution in [0.1, 0.15) is 21.5 Å². The number of halogens is 2. The van der Waals surface area contributed by atoms with Crippen LogP contribution < -0.4 is 9.64 Å². The van der Waals surface area contributed by atoms with Gasteiger partial charge in [0, 0.05) is 16.8 Å². The second kappa shape index (κ2) is 7.44. The molecule has 140 valence electrons. The molecule has 6 heteroatoms. The molecule has 1 aliphatic heterocycles. The van der Waals surface area contributed by atoms with Gasteiger partial charge in [-0.15, -0.1) is 0 Å². The highest BCUT2D eigenvalue weighted by Crippen LogP contribution is 2.31. The van der Waals surface area contributed by atoms with E-state index in [1.54, 1.807) is 37.4 Å². The number of ether oxygens (including phenoxy) is 1. The molecule has 0 bridgehead atoms. The minimum absolute atomic E-state index is 0.0225. The van der Waals surface area contributed by atoms with E-state index in [2.05, 4.69) is 4.99 Å². The van der Waals surface area contributed by atoms with Crippen LogP contribution in [0.25, 0.3) is 0 Å². The predicted octanol–water partition coefficient (Wildman–Crippen LogP) is 5.09. The fourth-order valence-corrected chi connectivity index (χ4v) is 3.32. The molecule has 0 unspecified atom stereocenters. The lowest BCUT2D eigenvalue weighted by atomic mass is 10.1. The zero-order chi connectivity index (χ0) is 19.7. The van der Waals surface area contributed by atoms with E-state index in [0.29, 0.717) is 29.4 Å². The first-order valence-corrected chi connectivity index (χ1v) is 9.02. The average Bonchev–Trinajstić information content (AvgIpc) is 3.08. The Kier molecular flexibility index (Phi) is 4.84. The van der Waals surface area contributed by atoms with Crippen LogP contribution in [0.5, 0.6) is 5.75 Å². The first-order valence-electron chi connectivity index (χ1n) is 8.65. The number of fused-ring (bicyclic) bond motifs is 1. The molecule has 1 amide bonds. The predicted molar refractivity (Wildman–Crippen MR) is 108 cm³/mol. The maximum Gasteiger partial charge on any atom is 0.278 e. The van der Waals surface area contributed by atoms with E-state index in [-0.39, 0.29) is 10.9 Å². The van der Waals surface area contributed by atoms with Crippen molar-refractivity contribution >= 4 is 29.0 Å². The lowest BCUT2D eigenvalue weighted by Gasteiger charge is -2.19. The first kappa shape index (κ1) is 18.2. The summed E-state index contributed by atoms with van der Waals surface area (Å²) in [6, 6.07) is 19.0. The van der Waals surface area contributed by atoms with Crippen molar-refractivity contribution in [2.45, 2.75) is 6.54 Å². The van der Waals surface area contributed by atoms with E-state index in [4.69, 9.17) is 16.3 Å². The normalized spacial score (nSPS) is 14.2. The Hall–Kier alpha value is -3.18. The third-order valence-electron chi connectivity index (χ3n) is 4.60. The Morgan fingerprint density at radius 3 is 2.57 bits per heavy atom. The van der Waals surface area contributed by atoms with E-state index in [1.807, 2.05) is 29.2 Å². The number of hydrogen-bond acceptors (Lipinski definition) is 2. The summed E-state index contributed by atoms with van der Waals surface area (Å²) in [7, 11) is 1.57. The van der Waals surface area contributed by atoms with Gasteiger partial charge in [-0.05, 0) is 48.0 Å². The number of hydrogen-bond donors (Lipinski definition) is 0. The van der Waals surface area contributed by atoms with Crippen LogP contribution in [-0.2, 0) is 6.54 Å². The van der Waals surface area contributed by atoms with Crippen molar-refractivity contribution < 1.29 is 13.9 Å². The monoisotopic (exact) mass is 394 g/mol. The number of nitrogens with zero attached hydrogens (tertiary/aromatic N) is 2. The van der Waals surface area contributed by atoms with E-state index >= 15 is 0 Å². The van der Waals surface area contributed by atoms with Crippen molar-refractivity contribution in [1.82, 2.24) is 0 Å². The molecular weight excluding hydrogens is 379 g/mol. The molecular formula is C22H16ClFN2O2. The zero-order valence-electron chi connectivity index (χ0n) is 15.0. The minimum atomic E-state index is -0.491. The third kappa shape index (κ3) is 3.37. The van der Waals surface area contributed by atoms with E-state index in [1.165, 1.54) is 12.1 Å². The number of carbonyl (C=O) groups is 1. The minimum Gasteiger partial charge on any atom is -0.497 e. The maximum atomic E-state index is 13.6. The summed E-state index contributed by atoms with van der Waals surface area (Å²) in [6.07, 6.45) is 0. The van der Waals surface area contributed by atoms with Crippen LogP contribution in [0.3, 0.4) is 0 Å². The summed E-state index contributed by atoms with van der Waals surface area (Å²) in [5, 5.41) is 0.0225. The van der Waals surface area contributed by atoms with Gasteiger partial charge in [-0.2, -0.15) is 4.99 Å². The summed E-state index contributed by atoms with van der Waals surface area (Å²) < 4.78 is 18.7. The standard InChI is InChI=1S/C22H16ClFN2O2/c1-28-17-9-6-14(7-10-17)22(27)25-21-18-5-3-2-4-15(18)13-26(21)16-8-11-20(24)19(23)12-16/h2-12H,13H2,1H3. The van der Waals surface area contributed by atoms with Gasteiger partial charge in [0.15, 0.2) is 0 Å². The molecule has 4 nitrogen and oxygen atoms in total. The Morgan fingerprint density at radius 1 is 1.11 bits per heavy atom. The third-order valence-corrected chi connectivity index (χ3v) is 4.89. The van der Waals surface area contributed by atoms with Gasteiger partial charge in [0.1, 0.15) is 17.4 Å². The number of amides is 1. The summed E-state index contributed by atoms with van der Waals surface area (Å²) in [4.78, 5) is 19.0. The van der Waals surface area contributed by atoms with E-state index < -0.39 is 5.82 Å². The van der Waals surface area contributed by atoms with E-state index in [0.717, 1.165) is 11.1 Å². The molecule has 0 spiro atoms. The highest BCUT2D eigenvalue weighted by molar-refractivity contribution is 6.31. The number of aliphatic imine (C=N–C) groups is 1. The fraction of sp³-hybridized carbons (Fsp3) is 0.0909. The topological polar surface area (TPSA) is 41.9 Å². The van der Waals surface area contributed by atoms with Gasteiger partial charge in [0.2, 0.25) is 0 Å². The quantitative estimate of drug-likeness (QED) is 0.621. The number of carbonyl (C=O) groups excluding carboxylic acids is 1. The molecule has 0 aromatic heterocycles. The van der Waals surface area contributed by atoms with Crippen LogP contribution in [0, 0.1) is 5.82 Å². The highest BCUT2D eigenvalue weighted by atomic mass is 35.5. The molecule has 3 aromatic rings. The number of methoxy groups -OCH3 is 1. The Morgan fingerprint density at radius 2 is 1.86 bits per heavy atom. The van der Waals surface area contributed by atoms with Crippen LogP contribution in [0.2, 0.25) is 5.02 Å². The molecule has 3 aromatic carbocycles. The molecule has 0 radical (unpaired) electrons. The smallest absolute Gasteiger partial charge is 0.278 e. The molecule has 4 rings (SSSR count). The van der Waals surface area contributed by atoms with Crippen molar-refractivity contribution in [3.8, 4) is 5.75 Å². The maximum absolute atomic E-state index is 13.6. The first-order chi connectivity index (χ1) is 13.6. The molecule has 28 heavy (non-hydrogen) atoms. The molecule has 0 saturated heterocycles. The molecule has 0 saturated carbocycles. The van der Waals surface area contributed by atoms with Crippen molar-refractivity contribution in [3.05, 3.63) is 94.3 Å². The SMILES string of the molecule is COc1ccc(C(=O)N=C2c3ccccc3CN2c2ccc(F)c(Cl)c2)cc1. The summed E-state index contributed by atoms with van der Waals surface area (Å²) in [5.74, 6) is 0.319. The summed E-state index contributed by atoms with van der Waals surface area (Å²) in [6.45, 7) is 0.521. The number of anilines is 1. The second-order valence-electron chi connectivity index (χ2n) is 6.31.